The van der Waals surface area contributed by atoms with Gasteiger partial charge in [0.15, 0.2) is 0 Å². The summed E-state index contributed by atoms with van der Waals surface area (Å²) in [5.41, 5.74) is 5.05. The number of hydrogen-bond donors (Lipinski definition) is 2. The zero-order chi connectivity index (χ0) is 18.3. The van der Waals surface area contributed by atoms with Crippen LogP contribution in [0, 0.1) is 13.8 Å². The first-order valence-corrected chi connectivity index (χ1v) is 10.2. The molecule has 132 valence electrons. The van der Waals surface area contributed by atoms with E-state index >= 15 is 0 Å². The number of halogens is 2. The molecule has 1 aliphatic heterocycles. The smallest absolute Gasteiger partial charge is 0.256 e. The summed E-state index contributed by atoms with van der Waals surface area (Å²) in [6.07, 6.45) is 1.85. The van der Waals surface area contributed by atoms with E-state index in [-0.39, 0.29) is 5.91 Å². The van der Waals surface area contributed by atoms with Crippen LogP contribution in [0.5, 0.6) is 0 Å². The number of amides is 1. The van der Waals surface area contributed by atoms with Crippen molar-refractivity contribution in [2.75, 3.05) is 19.5 Å². The highest BCUT2D eigenvalue weighted by atomic mass is 79.9. The molecule has 0 atom stereocenters. The molecule has 8 heteroatoms. The first kappa shape index (κ1) is 18.8. The van der Waals surface area contributed by atoms with Crippen LogP contribution in [0.15, 0.2) is 21.1 Å². The van der Waals surface area contributed by atoms with Gasteiger partial charge in [-0.15, -0.1) is 0 Å². The Hall–Kier alpha value is -0.980. The van der Waals surface area contributed by atoms with Gasteiger partial charge in [-0.3, -0.25) is 4.79 Å². The Morgan fingerprint density at radius 2 is 1.80 bits per heavy atom. The zero-order valence-corrected chi connectivity index (χ0v) is 18.2. The predicted molar refractivity (Wildman–Crippen MR) is 109 cm³/mol. The lowest BCUT2D eigenvalue weighted by molar-refractivity contribution is -0.110. The van der Waals surface area contributed by atoms with E-state index in [2.05, 4.69) is 42.2 Å². The van der Waals surface area contributed by atoms with E-state index in [0.29, 0.717) is 5.57 Å². The quantitative estimate of drug-likeness (QED) is 0.477. The Morgan fingerprint density at radius 3 is 2.36 bits per heavy atom. The van der Waals surface area contributed by atoms with E-state index < -0.39 is 8.38 Å². The molecule has 1 aliphatic rings. The van der Waals surface area contributed by atoms with Crippen molar-refractivity contribution in [2.24, 2.45) is 0 Å². The topological polar surface area (TPSA) is 63.4 Å². The van der Waals surface area contributed by atoms with Crippen LogP contribution >= 0.6 is 40.2 Å². The lowest BCUT2D eigenvalue weighted by atomic mass is 10.0. The second kappa shape index (κ2) is 7.33. The van der Waals surface area contributed by atoms with Crippen LogP contribution in [0.25, 0.3) is 11.6 Å². The minimum atomic E-state index is -1.26. The van der Waals surface area contributed by atoms with Crippen molar-refractivity contribution in [3.05, 3.63) is 43.6 Å². The molecule has 0 saturated heterocycles. The molecule has 3 rings (SSSR count). The summed E-state index contributed by atoms with van der Waals surface area (Å²) < 4.78 is 12.8. The molecule has 0 bridgehead atoms. The molecule has 0 spiro atoms. The van der Waals surface area contributed by atoms with Crippen LogP contribution in [0.1, 0.15) is 22.5 Å². The van der Waals surface area contributed by atoms with Gasteiger partial charge in [-0.25, -0.2) is 0 Å². The van der Waals surface area contributed by atoms with Gasteiger partial charge >= 0.3 is 0 Å². The average Bonchev–Trinajstić information content (AvgIpc) is 3.00. The first-order chi connectivity index (χ1) is 11.9. The minimum Gasteiger partial charge on any atom is -0.357 e. The summed E-state index contributed by atoms with van der Waals surface area (Å²) in [5.74, 6) is -0.140. The molecule has 1 amide bonds. The van der Waals surface area contributed by atoms with E-state index in [1.807, 2.05) is 32.1 Å². The van der Waals surface area contributed by atoms with Gasteiger partial charge in [0.25, 0.3) is 5.91 Å². The normalized spacial score (nSPS) is 15.2. The van der Waals surface area contributed by atoms with Crippen molar-refractivity contribution in [2.45, 2.75) is 13.8 Å². The van der Waals surface area contributed by atoms with Gasteiger partial charge in [0.2, 0.25) is 8.38 Å². The molecular weight excluding hydrogens is 471 g/mol. The molecule has 2 N–H and O–H groups in total. The summed E-state index contributed by atoms with van der Waals surface area (Å²) in [4.78, 5) is 15.9. The van der Waals surface area contributed by atoms with Crippen molar-refractivity contribution in [1.82, 2.24) is 4.98 Å². The molecule has 2 aromatic rings. The number of anilines is 1. The Labute approximate surface area is 164 Å². The first-order valence-electron chi connectivity index (χ1n) is 7.47. The standard InChI is InChI=1S/C17H17Br2N2O3P/c1-8-5-11-14(13(6-8)25(23-3)24-4)10(17(22)21-11)7-12-16(19)15(18)9(2)20-12/h5-7,20H,1-4H3,(H,21,22)/b10-7-. The maximum atomic E-state index is 12.6. The number of aryl methyl sites for hydroxylation is 2. The van der Waals surface area contributed by atoms with E-state index in [0.717, 1.165) is 42.5 Å². The maximum Gasteiger partial charge on any atom is 0.256 e. The van der Waals surface area contributed by atoms with Crippen LogP contribution in [0.4, 0.5) is 5.69 Å². The average molecular weight is 488 g/mol. The van der Waals surface area contributed by atoms with Crippen LogP contribution in [-0.4, -0.2) is 25.1 Å². The van der Waals surface area contributed by atoms with Crippen LogP contribution in [0.2, 0.25) is 0 Å². The monoisotopic (exact) mass is 486 g/mol. The molecule has 25 heavy (non-hydrogen) atoms. The highest BCUT2D eigenvalue weighted by molar-refractivity contribution is 9.13. The lowest BCUT2D eigenvalue weighted by Crippen LogP contribution is -2.10. The highest BCUT2D eigenvalue weighted by Crippen LogP contribution is 2.44. The number of benzene rings is 1. The second-order valence-electron chi connectivity index (χ2n) is 5.63. The van der Waals surface area contributed by atoms with Gasteiger partial charge in [0.1, 0.15) is 0 Å². The number of aromatic nitrogens is 1. The molecule has 0 unspecified atom stereocenters. The van der Waals surface area contributed by atoms with Gasteiger partial charge in [-0.2, -0.15) is 0 Å². The van der Waals surface area contributed by atoms with E-state index in [1.54, 1.807) is 14.2 Å². The Kier molecular flexibility index (Phi) is 5.51. The van der Waals surface area contributed by atoms with Gasteiger partial charge in [-0.1, -0.05) is 0 Å². The molecule has 0 aliphatic carbocycles. The molecule has 5 nitrogen and oxygen atoms in total. The summed E-state index contributed by atoms with van der Waals surface area (Å²) in [7, 11) is 1.96. The van der Waals surface area contributed by atoms with Crippen LogP contribution < -0.4 is 10.6 Å². The predicted octanol–water partition coefficient (Wildman–Crippen LogP) is 4.88. The molecule has 0 radical (unpaired) electrons. The summed E-state index contributed by atoms with van der Waals surface area (Å²) in [6.45, 7) is 3.95. The van der Waals surface area contributed by atoms with Crippen LogP contribution in [0.3, 0.4) is 0 Å². The highest BCUT2D eigenvalue weighted by Gasteiger charge is 2.31. The van der Waals surface area contributed by atoms with E-state index in [9.17, 15) is 4.79 Å². The summed E-state index contributed by atoms with van der Waals surface area (Å²) in [5, 5.41) is 3.83. The summed E-state index contributed by atoms with van der Waals surface area (Å²) >= 11 is 7.08. The number of rotatable bonds is 4. The molecular formula is C17H17Br2N2O3P. The Balaban J connectivity index is 2.21. The number of aromatic amines is 1. The fourth-order valence-electron chi connectivity index (χ4n) is 2.84. The fourth-order valence-corrected chi connectivity index (χ4v) is 4.94. The van der Waals surface area contributed by atoms with E-state index in [4.69, 9.17) is 9.05 Å². The van der Waals surface area contributed by atoms with Gasteiger partial charge < -0.3 is 19.3 Å². The summed E-state index contributed by atoms with van der Waals surface area (Å²) in [6, 6.07) is 3.97. The number of nitrogens with one attached hydrogen (secondary N) is 2. The lowest BCUT2D eigenvalue weighted by Gasteiger charge is -2.16. The fraction of sp³-hybridized carbons (Fsp3) is 0.235. The molecule has 1 aromatic heterocycles. The zero-order valence-electron chi connectivity index (χ0n) is 14.2. The molecule has 2 heterocycles. The third kappa shape index (κ3) is 3.36. The van der Waals surface area contributed by atoms with Crippen molar-refractivity contribution in [3.8, 4) is 0 Å². The number of carbonyl (C=O) groups is 1. The van der Waals surface area contributed by atoms with Crippen molar-refractivity contribution in [3.63, 3.8) is 0 Å². The second-order valence-corrected chi connectivity index (χ2v) is 8.94. The van der Waals surface area contributed by atoms with Crippen LogP contribution in [-0.2, 0) is 13.8 Å². The van der Waals surface area contributed by atoms with Gasteiger partial charge in [0, 0.05) is 30.8 Å². The number of hydrogen-bond acceptors (Lipinski definition) is 3. The molecule has 0 fully saturated rings. The molecule has 1 aromatic carbocycles. The van der Waals surface area contributed by atoms with Crippen molar-refractivity contribution in [1.29, 1.82) is 0 Å². The molecule has 0 saturated carbocycles. The number of H-pyrrole nitrogens is 1. The third-order valence-corrected chi connectivity index (χ3v) is 7.68. The Morgan fingerprint density at radius 1 is 1.12 bits per heavy atom. The van der Waals surface area contributed by atoms with Crippen molar-refractivity contribution >= 4 is 68.8 Å². The number of fused-ring (bicyclic) bond motifs is 1. The third-order valence-electron chi connectivity index (χ3n) is 3.92. The van der Waals surface area contributed by atoms with Gasteiger partial charge in [0.05, 0.1) is 25.9 Å². The van der Waals surface area contributed by atoms with Gasteiger partial charge in [-0.05, 0) is 69.5 Å². The Bertz CT molecular complexity index is 889. The largest absolute Gasteiger partial charge is 0.357 e. The maximum absolute atomic E-state index is 12.6. The van der Waals surface area contributed by atoms with Crippen molar-refractivity contribution < 1.29 is 13.8 Å². The SMILES string of the molecule is COP(OC)c1cc(C)cc2c1/C(=C/c1[nH]c(C)c(Br)c1Br)C(=O)N2. The number of carbonyl (C=O) groups excluding carboxylic acids is 1. The minimum absolute atomic E-state index is 0.140. The van der Waals surface area contributed by atoms with E-state index in [1.165, 1.54) is 0 Å².